The summed E-state index contributed by atoms with van der Waals surface area (Å²) in [4.78, 5) is 22.8. The molecule has 7 heteroatoms. The first-order chi connectivity index (χ1) is 10.0. The largest absolute Gasteiger partial charge is 0.480 e. The number of anilines is 1. The van der Waals surface area contributed by atoms with Crippen LogP contribution in [0.3, 0.4) is 0 Å². The van der Waals surface area contributed by atoms with Gasteiger partial charge in [0.1, 0.15) is 6.04 Å². The van der Waals surface area contributed by atoms with Crippen LogP contribution in [0.4, 0.5) is 5.69 Å². The van der Waals surface area contributed by atoms with E-state index in [-0.39, 0.29) is 12.5 Å². The summed E-state index contributed by atoms with van der Waals surface area (Å²) < 4.78 is 0. The smallest absolute Gasteiger partial charge is 0.326 e. The fourth-order valence-electron chi connectivity index (χ4n) is 1.75. The molecule has 1 atom stereocenters. The average molecular weight is 314 g/mol. The number of benzene rings is 1. The van der Waals surface area contributed by atoms with E-state index in [0.717, 1.165) is 12.1 Å². The number of rotatable bonds is 9. The van der Waals surface area contributed by atoms with Gasteiger partial charge in [-0.1, -0.05) is 11.6 Å². The molecule has 21 heavy (non-hydrogen) atoms. The Morgan fingerprint density at radius 3 is 2.48 bits per heavy atom. The van der Waals surface area contributed by atoms with Crippen LogP contribution in [0, 0.1) is 0 Å². The summed E-state index contributed by atoms with van der Waals surface area (Å²) >= 11 is 5.76. The van der Waals surface area contributed by atoms with Crippen LogP contribution in [0.5, 0.6) is 0 Å². The van der Waals surface area contributed by atoms with Crippen molar-refractivity contribution < 1.29 is 14.7 Å². The highest BCUT2D eigenvalue weighted by atomic mass is 35.5. The van der Waals surface area contributed by atoms with E-state index in [1.807, 2.05) is 0 Å². The number of hydrogen-bond acceptors (Lipinski definition) is 4. The topological polar surface area (TPSA) is 104 Å². The van der Waals surface area contributed by atoms with Crippen molar-refractivity contribution in [3.8, 4) is 0 Å². The maximum absolute atomic E-state index is 11.7. The molecule has 0 aliphatic carbocycles. The zero-order chi connectivity index (χ0) is 15.7. The molecule has 0 aromatic heterocycles. The van der Waals surface area contributed by atoms with Crippen molar-refractivity contribution >= 4 is 29.2 Å². The van der Waals surface area contributed by atoms with Crippen molar-refractivity contribution in [3.63, 3.8) is 0 Å². The second kappa shape index (κ2) is 9.20. The van der Waals surface area contributed by atoms with Crippen LogP contribution in [0.15, 0.2) is 24.3 Å². The van der Waals surface area contributed by atoms with E-state index >= 15 is 0 Å². The predicted octanol–water partition coefficient (Wildman–Crippen LogP) is 1.45. The van der Waals surface area contributed by atoms with Crippen molar-refractivity contribution in [1.82, 2.24) is 5.32 Å². The highest BCUT2D eigenvalue weighted by molar-refractivity contribution is 6.30. The molecular formula is C14H20ClN3O3. The first kappa shape index (κ1) is 17.3. The molecule has 6 nitrogen and oxygen atoms in total. The Morgan fingerprint density at radius 1 is 1.24 bits per heavy atom. The van der Waals surface area contributed by atoms with Gasteiger partial charge in [0.25, 0.3) is 0 Å². The average Bonchev–Trinajstić information content (AvgIpc) is 2.45. The molecule has 1 aromatic rings. The Bertz CT molecular complexity index is 465. The molecular weight excluding hydrogens is 294 g/mol. The highest BCUT2D eigenvalue weighted by Crippen LogP contribution is 2.12. The molecule has 0 saturated carbocycles. The number of carboxylic acids is 1. The molecule has 1 unspecified atom stereocenters. The summed E-state index contributed by atoms with van der Waals surface area (Å²) in [5, 5.41) is 15.1. The number of halogens is 1. The van der Waals surface area contributed by atoms with Crippen LogP contribution in [-0.4, -0.2) is 36.1 Å². The summed E-state index contributed by atoms with van der Waals surface area (Å²) in [6.07, 6.45) is 1.78. The van der Waals surface area contributed by atoms with Crippen LogP contribution in [0.1, 0.15) is 19.3 Å². The lowest BCUT2D eigenvalue weighted by Gasteiger charge is -2.15. The number of unbranched alkanes of at least 4 members (excludes halogenated alkanes) is 1. The fourth-order valence-corrected chi connectivity index (χ4v) is 1.87. The summed E-state index contributed by atoms with van der Waals surface area (Å²) in [6.45, 7) is 0.515. The number of carbonyl (C=O) groups excluding carboxylic acids is 1. The van der Waals surface area contributed by atoms with Crippen LogP contribution in [0.25, 0.3) is 0 Å². The highest BCUT2D eigenvalue weighted by Gasteiger charge is 2.18. The van der Waals surface area contributed by atoms with E-state index in [0.29, 0.717) is 24.4 Å². The van der Waals surface area contributed by atoms with Gasteiger partial charge in [0, 0.05) is 10.7 Å². The van der Waals surface area contributed by atoms with Gasteiger partial charge in [0.2, 0.25) is 5.91 Å². The van der Waals surface area contributed by atoms with Gasteiger partial charge >= 0.3 is 5.97 Å². The molecule has 0 aliphatic rings. The quantitative estimate of drug-likeness (QED) is 0.517. The Morgan fingerprint density at radius 2 is 1.90 bits per heavy atom. The number of amides is 1. The molecule has 0 saturated heterocycles. The minimum atomic E-state index is -1.04. The third-order valence-corrected chi connectivity index (χ3v) is 3.13. The van der Waals surface area contributed by atoms with Gasteiger partial charge in [0.15, 0.2) is 0 Å². The number of nitrogens with one attached hydrogen (secondary N) is 2. The normalized spacial score (nSPS) is 11.7. The fraction of sp³-hybridized carbons (Fsp3) is 0.429. The van der Waals surface area contributed by atoms with Gasteiger partial charge in [-0.25, -0.2) is 4.79 Å². The number of hydrogen-bond donors (Lipinski definition) is 4. The molecule has 116 valence electrons. The zero-order valence-corrected chi connectivity index (χ0v) is 12.4. The van der Waals surface area contributed by atoms with E-state index in [1.165, 1.54) is 0 Å². The molecule has 1 rings (SSSR count). The SMILES string of the molecule is NCCCCC(NC(=O)CNc1ccc(Cl)cc1)C(=O)O. The Hall–Kier alpha value is -1.79. The van der Waals surface area contributed by atoms with Crippen molar-refractivity contribution in [2.45, 2.75) is 25.3 Å². The molecule has 0 spiro atoms. The third-order valence-electron chi connectivity index (χ3n) is 2.88. The van der Waals surface area contributed by atoms with Crippen LogP contribution >= 0.6 is 11.6 Å². The predicted molar refractivity (Wildman–Crippen MR) is 82.4 cm³/mol. The van der Waals surface area contributed by atoms with Crippen molar-refractivity contribution in [3.05, 3.63) is 29.3 Å². The molecule has 5 N–H and O–H groups in total. The maximum Gasteiger partial charge on any atom is 0.326 e. The maximum atomic E-state index is 11.7. The molecule has 0 heterocycles. The van der Waals surface area contributed by atoms with E-state index in [1.54, 1.807) is 24.3 Å². The molecule has 0 aliphatic heterocycles. The summed E-state index contributed by atoms with van der Waals surface area (Å²) in [5.74, 6) is -1.41. The Labute approximate surface area is 128 Å². The minimum absolute atomic E-state index is 0.00228. The van der Waals surface area contributed by atoms with Crippen LogP contribution < -0.4 is 16.4 Å². The molecule has 0 radical (unpaired) electrons. The van der Waals surface area contributed by atoms with Gasteiger partial charge in [-0.05, 0) is 50.1 Å². The molecule has 0 bridgehead atoms. The Kier molecular flexibility index (Phi) is 7.56. The second-order valence-electron chi connectivity index (χ2n) is 4.60. The van der Waals surface area contributed by atoms with Crippen molar-refractivity contribution in [2.75, 3.05) is 18.4 Å². The van der Waals surface area contributed by atoms with E-state index in [9.17, 15) is 9.59 Å². The second-order valence-corrected chi connectivity index (χ2v) is 5.04. The molecule has 1 aromatic carbocycles. The first-order valence-corrected chi connectivity index (χ1v) is 7.12. The van der Waals surface area contributed by atoms with Crippen molar-refractivity contribution in [1.29, 1.82) is 0 Å². The summed E-state index contributed by atoms with van der Waals surface area (Å²) in [7, 11) is 0. The summed E-state index contributed by atoms with van der Waals surface area (Å²) in [5.41, 5.74) is 6.10. The lowest BCUT2D eigenvalue weighted by atomic mass is 10.1. The number of carboxylic acid groups (broad SMARTS) is 1. The van der Waals surface area contributed by atoms with Gasteiger partial charge < -0.3 is 21.5 Å². The van der Waals surface area contributed by atoms with Gasteiger partial charge in [-0.15, -0.1) is 0 Å². The number of aliphatic carboxylic acids is 1. The summed E-state index contributed by atoms with van der Waals surface area (Å²) in [6, 6.07) is 6.01. The lowest BCUT2D eigenvalue weighted by Crippen LogP contribution is -2.43. The van der Waals surface area contributed by atoms with Crippen LogP contribution in [-0.2, 0) is 9.59 Å². The van der Waals surface area contributed by atoms with E-state index in [4.69, 9.17) is 22.4 Å². The first-order valence-electron chi connectivity index (χ1n) is 6.74. The van der Waals surface area contributed by atoms with Crippen molar-refractivity contribution in [2.24, 2.45) is 5.73 Å². The molecule has 0 fully saturated rings. The Balaban J connectivity index is 2.39. The number of nitrogens with two attached hydrogens (primary N) is 1. The zero-order valence-electron chi connectivity index (χ0n) is 11.6. The van der Waals surface area contributed by atoms with E-state index in [2.05, 4.69) is 10.6 Å². The third kappa shape index (κ3) is 6.97. The standard InChI is InChI=1S/C14H20ClN3O3/c15-10-4-6-11(7-5-10)17-9-13(19)18-12(14(20)21)3-1-2-8-16/h4-7,12,17H,1-3,8-9,16H2,(H,18,19)(H,20,21). The van der Waals surface area contributed by atoms with Gasteiger partial charge in [-0.3, -0.25) is 4.79 Å². The lowest BCUT2D eigenvalue weighted by molar-refractivity contribution is -0.141. The van der Waals surface area contributed by atoms with E-state index < -0.39 is 12.0 Å². The van der Waals surface area contributed by atoms with Gasteiger partial charge in [-0.2, -0.15) is 0 Å². The monoisotopic (exact) mass is 313 g/mol. The van der Waals surface area contributed by atoms with Gasteiger partial charge in [0.05, 0.1) is 6.54 Å². The minimum Gasteiger partial charge on any atom is -0.480 e. The molecule has 1 amide bonds. The van der Waals surface area contributed by atoms with Crippen LogP contribution in [0.2, 0.25) is 5.02 Å². The number of carbonyl (C=O) groups is 2.